The molecular weight excluding hydrogens is 202 g/mol. The molecule has 0 radical (unpaired) electrons. The van der Waals surface area contributed by atoms with Crippen molar-refractivity contribution in [1.29, 1.82) is 0 Å². The maximum Gasteiger partial charge on any atom is 1.00 e. The first-order chi connectivity index (χ1) is 4.27. The molecule has 11 heavy (non-hydrogen) atoms. The molecule has 0 atom stereocenters. The van der Waals surface area contributed by atoms with Crippen LogP contribution in [0.2, 0.25) is 5.28 Å². The molecule has 0 aromatic heterocycles. The van der Waals surface area contributed by atoms with Crippen molar-refractivity contribution in [2.75, 3.05) is 0 Å². The van der Waals surface area contributed by atoms with E-state index in [1.54, 1.807) is 0 Å². The predicted octanol–water partition coefficient (Wildman–Crippen LogP) is -4.41. The Balaban J connectivity index is -0.0000000457. The third-order valence-corrected chi connectivity index (χ3v) is 0.907. The van der Waals surface area contributed by atoms with Crippen molar-refractivity contribution in [2.45, 2.75) is 5.28 Å². The van der Waals surface area contributed by atoms with E-state index in [0.29, 0.717) is 5.28 Å². The van der Waals surface area contributed by atoms with Gasteiger partial charge in [0.15, 0.2) is 0 Å². The van der Waals surface area contributed by atoms with Crippen LogP contribution in [0.4, 0.5) is 0 Å². The van der Waals surface area contributed by atoms with Crippen LogP contribution in [0.5, 0.6) is 0 Å². The van der Waals surface area contributed by atoms with Crippen molar-refractivity contribution in [3.63, 3.8) is 0 Å². The Morgan fingerprint density at radius 2 is 1.55 bits per heavy atom. The van der Waals surface area contributed by atoms with E-state index < -0.39 is 16.4 Å². The molecule has 0 aliphatic carbocycles. The molecule has 0 aromatic carbocycles. The molecule has 0 heterocycles. The van der Waals surface area contributed by atoms with Crippen LogP contribution in [0.15, 0.2) is 0 Å². The Bertz CT molecular complexity index is 184. The van der Waals surface area contributed by atoms with Crippen molar-refractivity contribution >= 4 is 32.7 Å². The number of carboxylic acid groups (broad SMARTS) is 1. The number of carbonyl (C=O) groups is 1. The van der Waals surface area contributed by atoms with Gasteiger partial charge < -0.3 is 6.53 Å². The summed E-state index contributed by atoms with van der Waals surface area (Å²) in [6.07, 6.45) is 0. The topological polar surface area (TPSA) is 112 Å². The Kier molecular flexibility index (Phi) is 14.5. The van der Waals surface area contributed by atoms with Gasteiger partial charge in [0.2, 0.25) is 16.3 Å². The molecule has 3 N–H and O–H groups in total. The van der Waals surface area contributed by atoms with Gasteiger partial charge in [0.25, 0.3) is 5.97 Å². The summed E-state index contributed by atoms with van der Waals surface area (Å²) in [7, 11) is -4.67. The van der Waals surface area contributed by atoms with Crippen molar-refractivity contribution in [1.82, 2.24) is 0 Å². The molecule has 0 amide bonds. The maximum absolute atomic E-state index is 9.40. The summed E-state index contributed by atoms with van der Waals surface area (Å²) in [6.45, 7) is 0. The molecule has 0 rings (SSSR count). The quantitative estimate of drug-likeness (QED) is 0.297. The minimum Gasteiger partial charge on any atom is -1.00 e. The third kappa shape index (κ3) is 104. The fourth-order valence-corrected chi connectivity index (χ4v) is 0. The second-order valence-electron chi connectivity index (χ2n) is 1.20. The Morgan fingerprint density at radius 1 is 1.45 bits per heavy atom. The van der Waals surface area contributed by atoms with Gasteiger partial charge in [-0.25, -0.2) is 0 Å². The van der Waals surface area contributed by atoms with Crippen LogP contribution in [0, 0.1) is 0 Å². The first-order valence-corrected chi connectivity index (χ1v) is 5.00. The van der Waals surface area contributed by atoms with Crippen molar-refractivity contribution < 1.29 is 58.4 Å². The second-order valence-corrected chi connectivity index (χ2v) is 2.80. The average molecular weight is 210 g/mol. The van der Waals surface area contributed by atoms with E-state index in [-0.39, 0.29) is 31.0 Å². The van der Waals surface area contributed by atoms with Gasteiger partial charge >= 0.3 is 40.0 Å². The van der Waals surface area contributed by atoms with Crippen LogP contribution in [0.25, 0.3) is 0 Å². The number of hydrogen-bond acceptors (Lipinski definition) is 3. The molecule has 0 spiro atoms. The van der Waals surface area contributed by atoms with Gasteiger partial charge in [0, 0.05) is 0 Å². The molecule has 0 saturated heterocycles. The standard InChI is InChI=1S/C2H3O2.Al.Na.H2O4S.3H/c1-2(3)4;;;1-5(2,3)4;;;/h1H2,(H,3,4);;;(H2,1,2,3,4);;;/q;;+1;;;;-1. The summed E-state index contributed by atoms with van der Waals surface area (Å²) in [6, 6.07) is 0. The van der Waals surface area contributed by atoms with Crippen molar-refractivity contribution in [2.24, 2.45) is 0 Å². The van der Waals surface area contributed by atoms with Crippen LogP contribution in [0.3, 0.4) is 0 Å². The Labute approximate surface area is 95.8 Å². The monoisotopic (exact) mass is 210 g/mol. The molecule has 62 valence electrons. The van der Waals surface area contributed by atoms with E-state index in [9.17, 15) is 4.79 Å². The van der Waals surface area contributed by atoms with Gasteiger partial charge in [-0.1, -0.05) is 0 Å². The van der Waals surface area contributed by atoms with Crippen LogP contribution in [-0.2, 0) is 15.2 Å². The van der Waals surface area contributed by atoms with Crippen molar-refractivity contribution in [3.05, 3.63) is 0 Å². The minimum atomic E-state index is -4.67. The summed E-state index contributed by atoms with van der Waals surface area (Å²) in [5.74, 6) is -0.684. The van der Waals surface area contributed by atoms with E-state index in [1.807, 2.05) is 0 Å². The van der Waals surface area contributed by atoms with Gasteiger partial charge in [0.1, 0.15) is 0 Å². The number of hydrogen-bond donors (Lipinski definition) is 3. The zero-order valence-electron chi connectivity index (χ0n) is 7.18. The number of rotatable bonds is 1. The second kappa shape index (κ2) is 8.96. The molecule has 0 bridgehead atoms. The van der Waals surface area contributed by atoms with E-state index in [4.69, 9.17) is 22.6 Å². The number of carboxylic acids is 1. The summed E-state index contributed by atoms with van der Waals surface area (Å²) >= 11 is 0.774. The minimum absolute atomic E-state index is 0. The Hall–Kier alpha value is 0.872. The molecule has 0 unspecified atom stereocenters. The van der Waals surface area contributed by atoms with Gasteiger partial charge in [-0.15, -0.1) is 0 Å². The largest absolute Gasteiger partial charge is 1.00 e. The fraction of sp³-hybridized carbons (Fsp3) is 0.500. The predicted molar refractivity (Wildman–Crippen MR) is 36.3 cm³/mol. The first kappa shape index (κ1) is 17.8. The SMILES string of the molecule is O=C(O)[CH2][AlH2].O=S(=O)(O)O.[H-].[Na+]. The maximum atomic E-state index is 9.40. The average Bonchev–Trinajstić information content (AvgIpc) is 1.61. The molecule has 0 aromatic rings. The van der Waals surface area contributed by atoms with Crippen LogP contribution >= 0.6 is 0 Å². The summed E-state index contributed by atoms with van der Waals surface area (Å²) in [4.78, 5) is 9.40. The zero-order valence-corrected chi connectivity index (χ0v) is 11.0. The van der Waals surface area contributed by atoms with E-state index in [1.165, 1.54) is 0 Å². The van der Waals surface area contributed by atoms with Crippen LogP contribution in [-0.4, -0.2) is 44.9 Å². The molecule has 0 aliphatic heterocycles. The molecule has 9 heteroatoms. The number of aliphatic carboxylic acids is 1. The molecule has 6 nitrogen and oxygen atoms in total. The summed E-state index contributed by atoms with van der Waals surface area (Å²) < 4.78 is 31.6. The van der Waals surface area contributed by atoms with Crippen LogP contribution in [0.1, 0.15) is 1.43 Å². The molecular formula is C2H8AlNaO6S. The van der Waals surface area contributed by atoms with Crippen molar-refractivity contribution in [3.8, 4) is 0 Å². The van der Waals surface area contributed by atoms with Gasteiger partial charge in [-0.2, -0.15) is 8.42 Å². The molecule has 0 aliphatic rings. The Morgan fingerprint density at radius 3 is 1.55 bits per heavy atom. The normalized spacial score (nSPS) is 8.55. The van der Waals surface area contributed by atoms with E-state index in [2.05, 4.69) is 0 Å². The van der Waals surface area contributed by atoms with E-state index in [0.717, 1.165) is 16.3 Å². The smallest absolute Gasteiger partial charge is 1.00 e. The fourth-order valence-electron chi connectivity index (χ4n) is 0. The molecule has 0 fully saturated rings. The first-order valence-electron chi connectivity index (χ1n) is 2.19. The van der Waals surface area contributed by atoms with Crippen LogP contribution < -0.4 is 29.6 Å². The summed E-state index contributed by atoms with van der Waals surface area (Å²) in [5.41, 5.74) is 0. The third-order valence-electron chi connectivity index (χ3n) is 0.302. The van der Waals surface area contributed by atoms with E-state index >= 15 is 0 Å². The van der Waals surface area contributed by atoms with Gasteiger partial charge in [-0.3, -0.25) is 13.9 Å². The summed E-state index contributed by atoms with van der Waals surface area (Å²) in [5, 5.41) is 8.12. The van der Waals surface area contributed by atoms with Gasteiger partial charge in [-0.05, 0) is 5.28 Å². The molecule has 0 saturated carbocycles. The van der Waals surface area contributed by atoms with Gasteiger partial charge in [0.05, 0.1) is 0 Å². The zero-order chi connectivity index (χ0) is 8.78.